The lowest BCUT2D eigenvalue weighted by molar-refractivity contribution is -0.139. The Balaban J connectivity index is 2.54. The van der Waals surface area contributed by atoms with E-state index in [1.807, 2.05) is 30.6 Å². The summed E-state index contributed by atoms with van der Waals surface area (Å²) in [5.41, 5.74) is 0.854. The molecule has 0 bridgehead atoms. The van der Waals surface area contributed by atoms with E-state index >= 15 is 0 Å². The van der Waals surface area contributed by atoms with Crippen LogP contribution in [-0.2, 0) is 13.6 Å². The highest BCUT2D eigenvalue weighted by atomic mass is 19.4. The molecule has 7 heteroatoms. The number of hydrogen-bond donors (Lipinski definition) is 1. The van der Waals surface area contributed by atoms with Gasteiger partial charge in [0.25, 0.3) is 0 Å². The van der Waals surface area contributed by atoms with Gasteiger partial charge in [-0.05, 0) is 6.92 Å². The van der Waals surface area contributed by atoms with Crippen molar-refractivity contribution in [2.45, 2.75) is 32.1 Å². The van der Waals surface area contributed by atoms with E-state index in [2.05, 4.69) is 10.3 Å². The van der Waals surface area contributed by atoms with Crippen LogP contribution in [0.2, 0.25) is 0 Å². The van der Waals surface area contributed by atoms with E-state index < -0.39 is 18.6 Å². The lowest BCUT2D eigenvalue weighted by atomic mass is 10.2. The lowest BCUT2D eigenvalue weighted by Crippen LogP contribution is -2.31. The number of nitrogens with zero attached hydrogens (tertiary/aromatic N) is 3. The first-order chi connectivity index (χ1) is 8.20. The van der Waals surface area contributed by atoms with Gasteiger partial charge < -0.3 is 14.8 Å². The molecule has 1 aromatic rings. The normalized spacial score (nSPS) is 13.7. The second kappa shape index (κ2) is 5.60. The fraction of sp³-hybridized carbons (Fsp3) is 0.727. The van der Waals surface area contributed by atoms with Crippen LogP contribution < -0.4 is 10.2 Å². The molecule has 0 spiro atoms. The minimum absolute atomic E-state index is 0.370. The Labute approximate surface area is 105 Å². The van der Waals surface area contributed by atoms with E-state index in [-0.39, 0.29) is 0 Å². The van der Waals surface area contributed by atoms with Crippen LogP contribution in [0.4, 0.5) is 19.1 Å². The topological polar surface area (TPSA) is 33.1 Å². The monoisotopic (exact) mass is 264 g/mol. The number of imidazole rings is 1. The Morgan fingerprint density at radius 1 is 1.44 bits per heavy atom. The number of nitrogens with one attached hydrogen (secondary N) is 1. The highest BCUT2D eigenvalue weighted by Crippen LogP contribution is 2.21. The molecule has 1 heterocycles. The van der Waals surface area contributed by atoms with Gasteiger partial charge >= 0.3 is 6.18 Å². The molecular formula is C11H19F3N4. The van der Waals surface area contributed by atoms with Crippen LogP contribution in [-0.4, -0.2) is 35.9 Å². The van der Waals surface area contributed by atoms with Gasteiger partial charge in [-0.15, -0.1) is 0 Å². The molecule has 1 aromatic heterocycles. The standard InChI is InChI=1S/C11H19F3N4/c1-8(5-11(12,13)14)15-6-9-7-16-10(17(2)3)18(9)4/h7-8,15H,5-6H2,1-4H3. The second-order valence-corrected chi connectivity index (χ2v) is 4.60. The molecule has 1 rings (SSSR count). The van der Waals surface area contributed by atoms with Gasteiger partial charge in [0.05, 0.1) is 18.3 Å². The maximum Gasteiger partial charge on any atom is 0.390 e. The summed E-state index contributed by atoms with van der Waals surface area (Å²) in [7, 11) is 5.57. The molecule has 1 atom stereocenters. The van der Waals surface area contributed by atoms with E-state index in [1.54, 1.807) is 6.20 Å². The second-order valence-electron chi connectivity index (χ2n) is 4.60. The van der Waals surface area contributed by atoms with Crippen LogP contribution in [0.1, 0.15) is 19.0 Å². The fourth-order valence-electron chi connectivity index (χ4n) is 1.71. The molecular weight excluding hydrogens is 245 g/mol. The van der Waals surface area contributed by atoms with E-state index in [1.165, 1.54) is 6.92 Å². The largest absolute Gasteiger partial charge is 0.390 e. The smallest absolute Gasteiger partial charge is 0.348 e. The number of alkyl halides is 3. The lowest BCUT2D eigenvalue weighted by Gasteiger charge is -2.17. The summed E-state index contributed by atoms with van der Waals surface area (Å²) in [4.78, 5) is 6.04. The van der Waals surface area contributed by atoms with E-state index in [9.17, 15) is 13.2 Å². The van der Waals surface area contributed by atoms with Gasteiger partial charge in [-0.2, -0.15) is 13.2 Å². The zero-order chi connectivity index (χ0) is 13.9. The van der Waals surface area contributed by atoms with E-state index in [0.717, 1.165) is 11.6 Å². The third-order valence-corrected chi connectivity index (χ3v) is 2.63. The molecule has 0 aliphatic carbocycles. The van der Waals surface area contributed by atoms with Crippen LogP contribution in [0.15, 0.2) is 6.20 Å². The van der Waals surface area contributed by atoms with Crippen molar-refractivity contribution in [3.63, 3.8) is 0 Å². The number of aromatic nitrogens is 2. The third kappa shape index (κ3) is 4.21. The molecule has 0 saturated carbocycles. The maximum absolute atomic E-state index is 12.2. The number of rotatable bonds is 5. The van der Waals surface area contributed by atoms with Gasteiger partial charge in [0.1, 0.15) is 0 Å². The highest BCUT2D eigenvalue weighted by molar-refractivity contribution is 5.30. The van der Waals surface area contributed by atoms with Gasteiger partial charge in [-0.25, -0.2) is 4.98 Å². The van der Waals surface area contributed by atoms with E-state index in [0.29, 0.717) is 6.54 Å². The SMILES string of the molecule is CC(CC(F)(F)F)NCc1cnc(N(C)C)n1C. The molecule has 0 aliphatic heterocycles. The van der Waals surface area contributed by atoms with Crippen molar-refractivity contribution in [3.8, 4) is 0 Å². The summed E-state index contributed by atoms with van der Waals surface area (Å²) in [6, 6.07) is -0.609. The molecule has 1 N–H and O–H groups in total. The first kappa shape index (κ1) is 14.8. The van der Waals surface area contributed by atoms with Crippen molar-refractivity contribution in [3.05, 3.63) is 11.9 Å². The van der Waals surface area contributed by atoms with Gasteiger partial charge in [0.2, 0.25) is 5.95 Å². The minimum Gasteiger partial charge on any atom is -0.348 e. The van der Waals surface area contributed by atoms with Gasteiger partial charge in [-0.3, -0.25) is 0 Å². The van der Waals surface area contributed by atoms with Crippen LogP contribution in [0.25, 0.3) is 0 Å². The maximum atomic E-state index is 12.2. The van der Waals surface area contributed by atoms with Crippen LogP contribution in [0.3, 0.4) is 0 Å². The van der Waals surface area contributed by atoms with E-state index in [4.69, 9.17) is 0 Å². The fourth-order valence-corrected chi connectivity index (χ4v) is 1.71. The zero-order valence-electron chi connectivity index (χ0n) is 11.0. The average Bonchev–Trinajstić information content (AvgIpc) is 2.54. The molecule has 0 saturated heterocycles. The molecule has 0 aliphatic rings. The van der Waals surface area contributed by atoms with Crippen LogP contribution >= 0.6 is 0 Å². The van der Waals surface area contributed by atoms with Crippen molar-refractivity contribution in [2.75, 3.05) is 19.0 Å². The molecule has 0 fully saturated rings. The average molecular weight is 264 g/mol. The Bertz CT molecular complexity index is 384. The van der Waals surface area contributed by atoms with Crippen molar-refractivity contribution in [1.82, 2.24) is 14.9 Å². The summed E-state index contributed by atoms with van der Waals surface area (Å²) in [6.07, 6.45) is -3.29. The summed E-state index contributed by atoms with van der Waals surface area (Å²) < 4.78 is 38.3. The van der Waals surface area contributed by atoms with Crippen LogP contribution in [0, 0.1) is 0 Å². The van der Waals surface area contributed by atoms with Crippen molar-refractivity contribution >= 4 is 5.95 Å². The van der Waals surface area contributed by atoms with Crippen molar-refractivity contribution < 1.29 is 13.2 Å². The predicted molar refractivity (Wildman–Crippen MR) is 64.5 cm³/mol. The molecule has 0 radical (unpaired) electrons. The van der Waals surface area contributed by atoms with Crippen molar-refractivity contribution in [2.24, 2.45) is 7.05 Å². The van der Waals surface area contributed by atoms with Gasteiger partial charge in [0, 0.05) is 33.7 Å². The minimum atomic E-state index is -4.13. The summed E-state index contributed by atoms with van der Waals surface area (Å²) in [5.74, 6) is 0.773. The number of halogens is 3. The summed E-state index contributed by atoms with van der Waals surface area (Å²) in [6.45, 7) is 1.89. The van der Waals surface area contributed by atoms with Gasteiger partial charge in [-0.1, -0.05) is 0 Å². The first-order valence-corrected chi connectivity index (χ1v) is 5.68. The third-order valence-electron chi connectivity index (χ3n) is 2.63. The molecule has 4 nitrogen and oxygen atoms in total. The summed E-state index contributed by atoms with van der Waals surface area (Å²) in [5, 5.41) is 2.85. The van der Waals surface area contributed by atoms with Crippen LogP contribution in [0.5, 0.6) is 0 Å². The molecule has 1 unspecified atom stereocenters. The Hall–Kier alpha value is -1.24. The Morgan fingerprint density at radius 3 is 2.50 bits per heavy atom. The highest BCUT2D eigenvalue weighted by Gasteiger charge is 2.29. The molecule has 18 heavy (non-hydrogen) atoms. The Morgan fingerprint density at radius 2 is 2.06 bits per heavy atom. The Kier molecular flexibility index (Phi) is 4.61. The predicted octanol–water partition coefficient (Wildman–Crippen LogP) is 1.92. The first-order valence-electron chi connectivity index (χ1n) is 5.68. The quantitative estimate of drug-likeness (QED) is 0.882. The zero-order valence-corrected chi connectivity index (χ0v) is 11.0. The van der Waals surface area contributed by atoms with Gasteiger partial charge in [0.15, 0.2) is 0 Å². The molecule has 104 valence electrons. The number of anilines is 1. The molecule has 0 aromatic carbocycles. The molecule has 0 amide bonds. The number of hydrogen-bond acceptors (Lipinski definition) is 3. The van der Waals surface area contributed by atoms with Crippen molar-refractivity contribution in [1.29, 1.82) is 0 Å². The summed E-state index contributed by atoms with van der Waals surface area (Å²) >= 11 is 0.